The molecule has 1 unspecified atom stereocenters. The Kier molecular flexibility index (Phi) is 6.79. The maximum atomic E-state index is 13.8. The molecule has 2 aromatic rings. The molecule has 3 heterocycles. The number of fused-ring (bicyclic) bond motifs is 1. The van der Waals surface area contributed by atoms with Gasteiger partial charge < -0.3 is 19.3 Å². The van der Waals surface area contributed by atoms with Crippen LogP contribution in [0.25, 0.3) is 10.9 Å². The number of hydrogen-bond acceptors (Lipinski definition) is 7. The van der Waals surface area contributed by atoms with E-state index >= 15 is 0 Å². The molecule has 2 aliphatic heterocycles. The fourth-order valence-electron chi connectivity index (χ4n) is 5.06. The number of nitriles is 1. The van der Waals surface area contributed by atoms with Crippen LogP contribution < -0.4 is 14.4 Å². The summed E-state index contributed by atoms with van der Waals surface area (Å²) in [6.07, 6.45) is 5.18. The van der Waals surface area contributed by atoms with Crippen molar-refractivity contribution in [3.8, 4) is 17.6 Å². The maximum absolute atomic E-state index is 13.8. The highest BCUT2D eigenvalue weighted by Crippen LogP contribution is 2.41. The van der Waals surface area contributed by atoms with Gasteiger partial charge in [-0.25, -0.2) is 8.51 Å². The summed E-state index contributed by atoms with van der Waals surface area (Å²) in [6, 6.07) is 6.18. The Bertz CT molecular complexity index is 1230. The smallest absolute Gasteiger partial charge is 0.257 e. The minimum absolute atomic E-state index is 0.0698. The topological polar surface area (TPSA) is 99.0 Å². The number of carbonyl (C=O) groups is 1. The van der Waals surface area contributed by atoms with Crippen LogP contribution in [0.1, 0.15) is 43.0 Å². The highest BCUT2D eigenvalue weighted by Gasteiger charge is 2.36. The number of ether oxygens (including phenoxy) is 2. The van der Waals surface area contributed by atoms with Crippen LogP contribution in [0.15, 0.2) is 18.3 Å². The van der Waals surface area contributed by atoms with Crippen molar-refractivity contribution in [2.45, 2.75) is 37.9 Å². The lowest BCUT2D eigenvalue weighted by atomic mass is 9.81. The Balaban J connectivity index is 1.49. The van der Waals surface area contributed by atoms with Crippen LogP contribution in [-0.4, -0.2) is 83.0 Å². The number of amides is 1. The quantitative estimate of drug-likeness (QED) is 0.588. The van der Waals surface area contributed by atoms with E-state index in [1.54, 1.807) is 20.4 Å². The fraction of sp³-hybridized carbons (Fsp3) is 0.577. The minimum Gasteiger partial charge on any atom is -0.493 e. The molecule has 0 radical (unpaired) electrons. The lowest BCUT2D eigenvalue weighted by molar-refractivity contribution is 0.0701. The zero-order chi connectivity index (χ0) is 25.4. The van der Waals surface area contributed by atoms with E-state index in [0.717, 1.165) is 42.3 Å². The van der Waals surface area contributed by atoms with Crippen LogP contribution >= 0.6 is 0 Å². The number of piperazine rings is 1. The molecule has 1 aliphatic carbocycles. The van der Waals surface area contributed by atoms with Crippen molar-refractivity contribution >= 4 is 33.5 Å². The lowest BCUT2D eigenvalue weighted by Gasteiger charge is -2.38. The van der Waals surface area contributed by atoms with Gasteiger partial charge in [-0.3, -0.25) is 9.78 Å². The second-order valence-corrected chi connectivity index (χ2v) is 11.8. The molecule has 10 heteroatoms. The van der Waals surface area contributed by atoms with Crippen molar-refractivity contribution in [1.29, 1.82) is 5.26 Å². The number of carbonyl (C=O) groups excluding carboxylic acids is 1. The van der Waals surface area contributed by atoms with Crippen molar-refractivity contribution in [2.24, 2.45) is 5.41 Å². The Morgan fingerprint density at radius 2 is 1.72 bits per heavy atom. The first-order chi connectivity index (χ1) is 17.4. The fourth-order valence-corrected chi connectivity index (χ4v) is 6.54. The molecule has 2 saturated heterocycles. The predicted molar refractivity (Wildman–Crippen MR) is 139 cm³/mol. The Labute approximate surface area is 214 Å². The largest absolute Gasteiger partial charge is 0.493 e. The summed E-state index contributed by atoms with van der Waals surface area (Å²) in [6.45, 7) is 5.64. The first-order valence-electron chi connectivity index (χ1n) is 12.5. The van der Waals surface area contributed by atoms with Gasteiger partial charge >= 0.3 is 0 Å². The summed E-state index contributed by atoms with van der Waals surface area (Å²) in [5.41, 5.74) is 1.73. The third kappa shape index (κ3) is 4.62. The standard InChI is InChI=1S/C26H33N5O4S/c1-26(17-27)6-8-29(9-7-26)24-19-14-22(34-2)23(35-3)15-21(19)28-16-20(24)25(32)30-10-12-31(13-11-30)36(33)18-4-5-18/h14-16,18H,4-13H2,1-3H3. The van der Waals surface area contributed by atoms with Crippen molar-refractivity contribution in [3.05, 3.63) is 23.9 Å². The first-order valence-corrected chi connectivity index (χ1v) is 13.7. The van der Waals surface area contributed by atoms with Gasteiger partial charge in [0.05, 0.1) is 53.5 Å². The van der Waals surface area contributed by atoms with Crippen molar-refractivity contribution in [1.82, 2.24) is 14.2 Å². The van der Waals surface area contributed by atoms with Crippen LogP contribution in [0.3, 0.4) is 0 Å². The highest BCUT2D eigenvalue weighted by molar-refractivity contribution is 7.83. The lowest BCUT2D eigenvalue weighted by Crippen LogP contribution is -2.50. The Morgan fingerprint density at radius 3 is 2.31 bits per heavy atom. The van der Waals surface area contributed by atoms with Crippen molar-refractivity contribution in [2.75, 3.05) is 58.4 Å². The minimum atomic E-state index is -0.939. The molecule has 1 amide bonds. The molecule has 9 nitrogen and oxygen atoms in total. The molecular weight excluding hydrogens is 478 g/mol. The van der Waals surface area contributed by atoms with Crippen LogP contribution in [0.2, 0.25) is 0 Å². The summed E-state index contributed by atoms with van der Waals surface area (Å²) < 4.78 is 25.6. The molecule has 3 aliphatic rings. The molecule has 192 valence electrons. The van der Waals surface area contributed by atoms with Crippen molar-refractivity contribution < 1.29 is 18.5 Å². The number of piperidine rings is 1. The molecular formula is C26H33N5O4S. The first kappa shape index (κ1) is 24.8. The molecule has 5 rings (SSSR count). The maximum Gasteiger partial charge on any atom is 0.257 e. The van der Waals surface area contributed by atoms with Gasteiger partial charge in [0, 0.05) is 62.2 Å². The van der Waals surface area contributed by atoms with E-state index in [9.17, 15) is 14.3 Å². The zero-order valence-electron chi connectivity index (χ0n) is 21.2. The summed E-state index contributed by atoms with van der Waals surface area (Å²) in [5.74, 6) is 1.09. The second kappa shape index (κ2) is 9.87. The van der Waals surface area contributed by atoms with Gasteiger partial charge in [0.2, 0.25) is 0 Å². The van der Waals surface area contributed by atoms with Crippen molar-refractivity contribution in [3.63, 3.8) is 0 Å². The molecule has 0 spiro atoms. The van der Waals surface area contributed by atoms with E-state index in [4.69, 9.17) is 9.47 Å². The second-order valence-electron chi connectivity index (χ2n) is 10.1. The van der Waals surface area contributed by atoms with Crippen LogP contribution in [-0.2, 0) is 11.0 Å². The monoisotopic (exact) mass is 511 g/mol. The molecule has 36 heavy (non-hydrogen) atoms. The SMILES string of the molecule is COc1cc2ncc(C(=O)N3CCN(S(=O)C4CC4)CC3)c(N3CCC(C)(C#N)CC3)c2cc1OC. The number of nitrogens with zero attached hydrogens (tertiary/aromatic N) is 5. The van der Waals surface area contributed by atoms with Crippen LogP contribution in [0, 0.1) is 16.7 Å². The summed E-state index contributed by atoms with van der Waals surface area (Å²) in [7, 11) is 2.24. The molecule has 0 bridgehead atoms. The van der Waals surface area contributed by atoms with Gasteiger partial charge in [-0.1, -0.05) is 0 Å². The third-order valence-electron chi connectivity index (χ3n) is 7.62. The highest BCUT2D eigenvalue weighted by atomic mass is 32.2. The summed E-state index contributed by atoms with van der Waals surface area (Å²) >= 11 is 0. The normalized spacial score (nSPS) is 21.2. The molecule has 1 atom stereocenters. The Morgan fingerprint density at radius 1 is 1.08 bits per heavy atom. The van der Waals surface area contributed by atoms with Gasteiger partial charge in [0.25, 0.3) is 5.91 Å². The van der Waals surface area contributed by atoms with E-state index in [1.165, 1.54) is 0 Å². The van der Waals surface area contributed by atoms with Gasteiger partial charge in [-0.2, -0.15) is 5.26 Å². The van der Waals surface area contributed by atoms with Gasteiger partial charge in [0.15, 0.2) is 11.5 Å². The predicted octanol–water partition coefficient (Wildman–Crippen LogP) is 2.97. The molecule has 1 aromatic heterocycles. The number of hydrogen-bond donors (Lipinski definition) is 0. The Hall–Kier alpha value is -2.90. The molecule has 3 fully saturated rings. The number of pyridine rings is 1. The number of aromatic nitrogens is 1. The molecule has 0 N–H and O–H groups in total. The summed E-state index contributed by atoms with van der Waals surface area (Å²) in [4.78, 5) is 22.5. The van der Waals surface area contributed by atoms with Crippen LogP contribution in [0.4, 0.5) is 5.69 Å². The molecule has 1 aromatic carbocycles. The summed E-state index contributed by atoms with van der Waals surface area (Å²) in [5, 5.41) is 10.7. The van der Waals surface area contributed by atoms with E-state index in [0.29, 0.717) is 61.6 Å². The van der Waals surface area contributed by atoms with Gasteiger partial charge in [0.1, 0.15) is 0 Å². The zero-order valence-corrected chi connectivity index (χ0v) is 22.0. The average molecular weight is 512 g/mol. The van der Waals surface area contributed by atoms with E-state index < -0.39 is 11.0 Å². The number of rotatable bonds is 6. The van der Waals surface area contributed by atoms with Crippen LogP contribution in [0.5, 0.6) is 11.5 Å². The van der Waals surface area contributed by atoms with E-state index in [2.05, 4.69) is 16.0 Å². The number of methoxy groups -OCH3 is 2. The number of benzene rings is 1. The van der Waals surface area contributed by atoms with E-state index in [-0.39, 0.29) is 11.3 Å². The van der Waals surface area contributed by atoms with Gasteiger partial charge in [-0.15, -0.1) is 0 Å². The third-order valence-corrected chi connectivity index (χ3v) is 9.53. The van der Waals surface area contributed by atoms with Gasteiger partial charge in [-0.05, 0) is 38.7 Å². The van der Waals surface area contributed by atoms with E-state index in [1.807, 2.05) is 28.3 Å². The number of anilines is 1. The molecule has 1 saturated carbocycles. The average Bonchev–Trinajstić information content (AvgIpc) is 3.77.